The fourth-order valence-corrected chi connectivity index (χ4v) is 3.42. The van der Waals surface area contributed by atoms with Crippen LogP contribution in [0, 0.1) is 0 Å². The quantitative estimate of drug-likeness (QED) is 0.572. The molecule has 1 aromatic heterocycles. The summed E-state index contributed by atoms with van der Waals surface area (Å²) in [6.45, 7) is 3.22. The van der Waals surface area contributed by atoms with Gasteiger partial charge in [0.05, 0.1) is 24.8 Å². The number of esters is 1. The smallest absolute Gasteiger partial charge is 0.338 e. The van der Waals surface area contributed by atoms with Crippen LogP contribution in [0.1, 0.15) is 46.2 Å². The molecule has 28 heavy (non-hydrogen) atoms. The van der Waals surface area contributed by atoms with E-state index in [4.69, 9.17) is 4.74 Å². The van der Waals surface area contributed by atoms with Gasteiger partial charge < -0.3 is 14.2 Å². The molecule has 1 amide bonds. The maximum Gasteiger partial charge on any atom is 0.338 e. The van der Waals surface area contributed by atoms with Crippen LogP contribution in [0.3, 0.4) is 0 Å². The molecule has 1 heterocycles. The van der Waals surface area contributed by atoms with Gasteiger partial charge in [-0.15, -0.1) is 0 Å². The number of hydrogen-bond donors (Lipinski definition) is 0. The molecule has 0 atom stereocenters. The highest BCUT2D eigenvalue weighted by molar-refractivity contribution is 6.05. The maximum absolute atomic E-state index is 13.3. The van der Waals surface area contributed by atoms with Crippen LogP contribution >= 0.6 is 0 Å². The van der Waals surface area contributed by atoms with Gasteiger partial charge in [-0.2, -0.15) is 0 Å². The Morgan fingerprint density at radius 1 is 1.04 bits per heavy atom. The van der Waals surface area contributed by atoms with Crippen LogP contribution < -0.4 is 0 Å². The summed E-state index contributed by atoms with van der Waals surface area (Å²) in [4.78, 5) is 27.3. The molecule has 3 rings (SSSR count). The number of benzene rings is 2. The number of aromatic nitrogens is 1. The number of unbranched alkanes of at least 4 members (excludes halogenated alkanes) is 1. The second kappa shape index (κ2) is 8.74. The summed E-state index contributed by atoms with van der Waals surface area (Å²) in [6, 6.07) is 17.1. The minimum Gasteiger partial charge on any atom is -0.465 e. The lowest BCUT2D eigenvalue weighted by molar-refractivity contribution is 0.0589. The first-order valence-electron chi connectivity index (χ1n) is 9.56. The highest BCUT2D eigenvalue weighted by atomic mass is 16.5. The molecule has 0 aliphatic rings. The van der Waals surface area contributed by atoms with E-state index in [1.807, 2.05) is 24.1 Å². The molecule has 3 aromatic rings. The van der Waals surface area contributed by atoms with Crippen LogP contribution in [0.2, 0.25) is 0 Å². The number of rotatable bonds is 7. The van der Waals surface area contributed by atoms with Gasteiger partial charge in [0.25, 0.3) is 5.91 Å². The van der Waals surface area contributed by atoms with Crippen molar-refractivity contribution >= 4 is 22.8 Å². The van der Waals surface area contributed by atoms with Gasteiger partial charge in [0.15, 0.2) is 0 Å². The molecule has 5 nitrogen and oxygen atoms in total. The number of fused-ring (bicyclic) bond motifs is 1. The molecule has 0 aliphatic heterocycles. The van der Waals surface area contributed by atoms with E-state index >= 15 is 0 Å². The van der Waals surface area contributed by atoms with Gasteiger partial charge in [0.1, 0.15) is 0 Å². The van der Waals surface area contributed by atoms with Crippen molar-refractivity contribution in [2.45, 2.75) is 26.3 Å². The maximum atomic E-state index is 13.3. The SMILES string of the molecule is CCCCN(Cc1cc2ccccc2n1C)C(=O)c1ccccc1C(=O)OC. The zero-order valence-corrected chi connectivity index (χ0v) is 16.6. The molecule has 2 aromatic carbocycles. The van der Waals surface area contributed by atoms with E-state index in [1.165, 1.54) is 7.11 Å². The zero-order chi connectivity index (χ0) is 20.1. The number of amides is 1. The van der Waals surface area contributed by atoms with Crippen LogP contribution in [0.5, 0.6) is 0 Å². The monoisotopic (exact) mass is 378 g/mol. The molecule has 0 fully saturated rings. The number of ether oxygens (including phenoxy) is 1. The third-order valence-corrected chi connectivity index (χ3v) is 5.04. The predicted molar refractivity (Wildman–Crippen MR) is 110 cm³/mol. The van der Waals surface area contributed by atoms with Crippen molar-refractivity contribution in [2.24, 2.45) is 7.05 Å². The third kappa shape index (κ3) is 3.93. The van der Waals surface area contributed by atoms with Crippen molar-refractivity contribution in [3.63, 3.8) is 0 Å². The summed E-state index contributed by atoms with van der Waals surface area (Å²) in [7, 11) is 3.34. The Bertz CT molecular complexity index is 990. The van der Waals surface area contributed by atoms with Crippen LogP contribution in [-0.4, -0.2) is 35.0 Å². The molecule has 0 unspecified atom stereocenters. The van der Waals surface area contributed by atoms with E-state index in [0.717, 1.165) is 29.4 Å². The van der Waals surface area contributed by atoms with Gasteiger partial charge in [-0.05, 0) is 36.1 Å². The Morgan fingerprint density at radius 3 is 2.39 bits per heavy atom. The standard InChI is InChI=1S/C23H26N2O3/c1-4-5-14-25(16-18-15-17-10-6-9-13-21(17)24(18)2)22(26)19-11-7-8-12-20(19)23(27)28-3/h6-13,15H,4-5,14,16H2,1-3H3. The van der Waals surface area contributed by atoms with Crippen molar-refractivity contribution in [2.75, 3.05) is 13.7 Å². The van der Waals surface area contributed by atoms with Gasteiger partial charge in [0, 0.05) is 24.8 Å². The molecule has 0 saturated carbocycles. The van der Waals surface area contributed by atoms with Gasteiger partial charge >= 0.3 is 5.97 Å². The first-order chi connectivity index (χ1) is 13.6. The predicted octanol–water partition coefficient (Wildman–Crippen LogP) is 4.41. The second-order valence-corrected chi connectivity index (χ2v) is 6.87. The summed E-state index contributed by atoms with van der Waals surface area (Å²) in [5.41, 5.74) is 2.87. The molecule has 0 radical (unpaired) electrons. The molecule has 0 spiro atoms. The van der Waals surface area contributed by atoms with Crippen LogP contribution in [-0.2, 0) is 18.3 Å². The van der Waals surface area contributed by atoms with Gasteiger partial charge in [0.2, 0.25) is 0 Å². The Labute approximate surface area is 165 Å². The van der Waals surface area contributed by atoms with Crippen molar-refractivity contribution in [3.05, 3.63) is 71.4 Å². The summed E-state index contributed by atoms with van der Waals surface area (Å²) in [6.07, 6.45) is 1.88. The summed E-state index contributed by atoms with van der Waals surface area (Å²) in [5.74, 6) is -0.649. The first-order valence-corrected chi connectivity index (χ1v) is 9.56. The topological polar surface area (TPSA) is 51.5 Å². The molecule has 0 saturated heterocycles. The van der Waals surface area contributed by atoms with Crippen LogP contribution in [0.15, 0.2) is 54.6 Å². The Kier molecular flexibility index (Phi) is 6.14. The minimum absolute atomic E-state index is 0.153. The third-order valence-electron chi connectivity index (χ3n) is 5.04. The highest BCUT2D eigenvalue weighted by Crippen LogP contribution is 2.21. The van der Waals surface area contributed by atoms with Gasteiger partial charge in [-0.3, -0.25) is 4.79 Å². The number of nitrogens with zero attached hydrogens (tertiary/aromatic N) is 2. The molecular weight excluding hydrogens is 352 g/mol. The lowest BCUT2D eigenvalue weighted by atomic mass is 10.1. The van der Waals surface area contributed by atoms with Crippen LogP contribution in [0.4, 0.5) is 0 Å². The fourth-order valence-electron chi connectivity index (χ4n) is 3.42. The molecule has 5 heteroatoms. The van der Waals surface area contributed by atoms with E-state index < -0.39 is 5.97 Å². The van der Waals surface area contributed by atoms with E-state index in [2.05, 4.69) is 29.7 Å². The Morgan fingerprint density at radius 2 is 1.71 bits per heavy atom. The summed E-state index contributed by atoms with van der Waals surface area (Å²) in [5, 5.41) is 1.15. The van der Waals surface area contributed by atoms with Crippen LogP contribution in [0.25, 0.3) is 10.9 Å². The normalized spacial score (nSPS) is 10.8. The van der Waals surface area contributed by atoms with Gasteiger partial charge in [-0.1, -0.05) is 43.7 Å². The summed E-state index contributed by atoms with van der Waals surface area (Å²) < 4.78 is 6.97. The number of methoxy groups -OCH3 is 1. The van der Waals surface area contributed by atoms with E-state index in [0.29, 0.717) is 24.2 Å². The lowest BCUT2D eigenvalue weighted by Crippen LogP contribution is -2.33. The number of carbonyl (C=O) groups is 2. The summed E-state index contributed by atoms with van der Waals surface area (Å²) >= 11 is 0. The molecule has 0 aliphatic carbocycles. The van der Waals surface area contributed by atoms with E-state index in [-0.39, 0.29) is 5.91 Å². The molecule has 146 valence electrons. The number of hydrogen-bond acceptors (Lipinski definition) is 3. The molecule has 0 bridgehead atoms. The van der Waals surface area contributed by atoms with E-state index in [1.54, 1.807) is 24.3 Å². The van der Waals surface area contributed by atoms with Crippen molar-refractivity contribution < 1.29 is 14.3 Å². The Balaban J connectivity index is 1.95. The highest BCUT2D eigenvalue weighted by Gasteiger charge is 2.23. The van der Waals surface area contributed by atoms with Gasteiger partial charge in [-0.25, -0.2) is 4.79 Å². The van der Waals surface area contributed by atoms with Crippen molar-refractivity contribution in [3.8, 4) is 0 Å². The van der Waals surface area contributed by atoms with E-state index in [9.17, 15) is 9.59 Å². The zero-order valence-electron chi connectivity index (χ0n) is 16.6. The number of para-hydroxylation sites is 1. The lowest BCUT2D eigenvalue weighted by Gasteiger charge is -2.24. The largest absolute Gasteiger partial charge is 0.465 e. The number of carbonyl (C=O) groups excluding carboxylic acids is 2. The fraction of sp³-hybridized carbons (Fsp3) is 0.304. The first kappa shape index (κ1) is 19.7. The molecular formula is C23H26N2O3. The average molecular weight is 378 g/mol. The average Bonchev–Trinajstić information content (AvgIpc) is 3.05. The Hall–Kier alpha value is -3.08. The van der Waals surface area contributed by atoms with Crippen molar-refractivity contribution in [1.29, 1.82) is 0 Å². The molecule has 0 N–H and O–H groups in total. The second-order valence-electron chi connectivity index (χ2n) is 6.87. The minimum atomic E-state index is -0.496. The number of aryl methyl sites for hydroxylation is 1. The van der Waals surface area contributed by atoms with Crippen molar-refractivity contribution in [1.82, 2.24) is 9.47 Å².